The number of nitro groups is 1. The Morgan fingerprint density at radius 2 is 2.04 bits per heavy atom. The molecule has 132 valence electrons. The van der Waals surface area contributed by atoms with Crippen molar-refractivity contribution in [1.29, 1.82) is 0 Å². The van der Waals surface area contributed by atoms with Crippen LogP contribution in [0, 0.1) is 10.1 Å². The highest BCUT2D eigenvalue weighted by Gasteiger charge is 2.10. The van der Waals surface area contributed by atoms with Gasteiger partial charge in [-0.3, -0.25) is 14.9 Å². The first-order valence-electron chi connectivity index (χ1n) is 7.23. The molecule has 0 aliphatic rings. The lowest BCUT2D eigenvalue weighted by Crippen LogP contribution is -2.14. The van der Waals surface area contributed by atoms with E-state index in [9.17, 15) is 14.9 Å². The van der Waals surface area contributed by atoms with E-state index in [0.29, 0.717) is 16.4 Å². The molecule has 0 saturated carbocycles. The van der Waals surface area contributed by atoms with Crippen molar-refractivity contribution in [2.45, 2.75) is 4.90 Å². The van der Waals surface area contributed by atoms with Gasteiger partial charge in [-0.2, -0.15) is 0 Å². The fourth-order valence-electron chi connectivity index (χ4n) is 2.03. The van der Waals surface area contributed by atoms with Gasteiger partial charge in [0, 0.05) is 17.0 Å². The molecule has 0 bridgehead atoms. The summed E-state index contributed by atoms with van der Waals surface area (Å²) in [5, 5.41) is 24.6. The first kappa shape index (κ1) is 17.8. The largest absolute Gasteiger partial charge is 0.324 e. The molecule has 26 heavy (non-hydrogen) atoms. The van der Waals surface area contributed by atoms with Crippen molar-refractivity contribution in [2.75, 3.05) is 11.1 Å². The van der Waals surface area contributed by atoms with Gasteiger partial charge in [-0.1, -0.05) is 11.6 Å². The van der Waals surface area contributed by atoms with Crippen LogP contribution < -0.4 is 5.32 Å². The smallest absolute Gasteiger partial charge is 0.269 e. The average molecular weight is 391 g/mol. The summed E-state index contributed by atoms with van der Waals surface area (Å²) in [6.07, 6.45) is 1.43. The number of nitro benzene ring substituents is 1. The number of halogens is 1. The Morgan fingerprint density at radius 1 is 1.27 bits per heavy atom. The molecule has 1 N–H and O–H groups in total. The van der Waals surface area contributed by atoms with Crippen molar-refractivity contribution in [3.63, 3.8) is 0 Å². The Labute approximate surface area is 156 Å². The number of carbonyl (C=O) groups excluding carboxylic acids is 1. The molecule has 1 heterocycles. The minimum Gasteiger partial charge on any atom is -0.324 e. The summed E-state index contributed by atoms with van der Waals surface area (Å²) in [5.74, 6) is -0.132. The van der Waals surface area contributed by atoms with Crippen molar-refractivity contribution in [1.82, 2.24) is 20.2 Å². The van der Waals surface area contributed by atoms with E-state index in [4.69, 9.17) is 11.6 Å². The van der Waals surface area contributed by atoms with Crippen molar-refractivity contribution < 1.29 is 9.72 Å². The van der Waals surface area contributed by atoms with Crippen LogP contribution in [0.15, 0.2) is 53.7 Å². The molecule has 0 aliphatic heterocycles. The highest BCUT2D eigenvalue weighted by Crippen LogP contribution is 2.26. The molecule has 2 aromatic carbocycles. The topological polar surface area (TPSA) is 116 Å². The van der Waals surface area contributed by atoms with Crippen LogP contribution >= 0.6 is 23.4 Å². The molecule has 0 saturated heterocycles. The first-order chi connectivity index (χ1) is 12.5. The van der Waals surface area contributed by atoms with Crippen molar-refractivity contribution in [3.05, 3.63) is 63.9 Å². The normalized spacial score (nSPS) is 10.5. The number of hydrogen-bond acceptors (Lipinski definition) is 7. The molecule has 0 fully saturated rings. The minimum absolute atomic E-state index is 0.00463. The Bertz CT molecular complexity index is 933. The summed E-state index contributed by atoms with van der Waals surface area (Å²) in [6.45, 7) is 0. The van der Waals surface area contributed by atoms with E-state index in [1.54, 1.807) is 30.3 Å². The number of rotatable bonds is 6. The second-order valence-electron chi connectivity index (χ2n) is 5.01. The lowest BCUT2D eigenvalue weighted by molar-refractivity contribution is -0.384. The quantitative estimate of drug-likeness (QED) is 0.390. The van der Waals surface area contributed by atoms with Gasteiger partial charge >= 0.3 is 0 Å². The molecule has 0 radical (unpaired) electrons. The predicted octanol–water partition coefficient (Wildman–Crippen LogP) is 2.95. The van der Waals surface area contributed by atoms with Crippen LogP contribution in [0.4, 0.5) is 11.4 Å². The highest BCUT2D eigenvalue weighted by atomic mass is 35.5. The number of hydrogen-bond donors (Lipinski definition) is 1. The highest BCUT2D eigenvalue weighted by molar-refractivity contribution is 8.00. The number of non-ortho nitro benzene ring substituents is 1. The van der Waals surface area contributed by atoms with Gasteiger partial charge in [0.05, 0.1) is 27.1 Å². The Morgan fingerprint density at radius 3 is 2.69 bits per heavy atom. The fourth-order valence-corrected chi connectivity index (χ4v) is 2.89. The minimum atomic E-state index is -0.471. The summed E-state index contributed by atoms with van der Waals surface area (Å²) < 4.78 is 1.44. The first-order valence-corrected chi connectivity index (χ1v) is 8.59. The van der Waals surface area contributed by atoms with E-state index in [1.165, 1.54) is 34.9 Å². The van der Waals surface area contributed by atoms with Gasteiger partial charge in [0.25, 0.3) is 5.69 Å². The van der Waals surface area contributed by atoms with Gasteiger partial charge < -0.3 is 5.32 Å². The molecule has 1 amide bonds. The van der Waals surface area contributed by atoms with Crippen molar-refractivity contribution in [3.8, 4) is 5.69 Å². The number of carbonyl (C=O) groups is 1. The lowest BCUT2D eigenvalue weighted by atomic mass is 10.2. The summed E-state index contributed by atoms with van der Waals surface area (Å²) in [7, 11) is 0. The maximum Gasteiger partial charge on any atom is 0.269 e. The fraction of sp³-hybridized carbons (Fsp3) is 0.0667. The number of amides is 1. The molecule has 0 unspecified atom stereocenters. The number of benzene rings is 2. The van der Waals surface area contributed by atoms with E-state index in [0.717, 1.165) is 4.90 Å². The third kappa shape index (κ3) is 4.35. The summed E-state index contributed by atoms with van der Waals surface area (Å²) in [4.78, 5) is 23.1. The van der Waals surface area contributed by atoms with E-state index < -0.39 is 4.92 Å². The zero-order valence-electron chi connectivity index (χ0n) is 13.1. The van der Waals surface area contributed by atoms with Gasteiger partial charge in [0.2, 0.25) is 5.91 Å². The van der Waals surface area contributed by atoms with Gasteiger partial charge in [0.1, 0.15) is 6.33 Å². The maximum atomic E-state index is 12.2. The Hall–Kier alpha value is -2.98. The van der Waals surface area contributed by atoms with Crippen LogP contribution in [0.3, 0.4) is 0 Å². The molecule has 11 heteroatoms. The molecule has 0 spiro atoms. The molecular weight excluding hydrogens is 380 g/mol. The standard InChI is InChI=1S/C15H11ClN6O3S/c16-13-6-3-11(21-9-17-19-20-21)7-14(13)18-15(23)8-26-12-4-1-10(2-5-12)22(24)25/h1-7,9H,8H2,(H,18,23). The van der Waals surface area contributed by atoms with Crippen molar-refractivity contribution >= 4 is 40.6 Å². The second-order valence-corrected chi connectivity index (χ2v) is 6.46. The number of nitrogens with one attached hydrogen (secondary N) is 1. The van der Waals surface area contributed by atoms with Crippen molar-refractivity contribution in [2.24, 2.45) is 0 Å². The SMILES string of the molecule is O=C(CSc1ccc([N+](=O)[O-])cc1)Nc1cc(-n2cnnn2)ccc1Cl. The van der Waals surface area contributed by atoms with E-state index in [1.807, 2.05) is 0 Å². The van der Waals surface area contributed by atoms with Crippen LogP contribution in [0.5, 0.6) is 0 Å². The summed E-state index contributed by atoms with van der Waals surface area (Å²) >= 11 is 7.38. The van der Waals surface area contributed by atoms with E-state index >= 15 is 0 Å². The summed E-state index contributed by atoms with van der Waals surface area (Å²) in [5.41, 5.74) is 1.09. The second kappa shape index (κ2) is 7.93. The molecule has 0 atom stereocenters. The third-order valence-electron chi connectivity index (χ3n) is 3.26. The molecule has 1 aromatic heterocycles. The average Bonchev–Trinajstić information content (AvgIpc) is 3.17. The van der Waals surface area contributed by atoms with Gasteiger partial charge in [-0.15, -0.1) is 16.9 Å². The van der Waals surface area contributed by atoms with Crippen LogP contribution in [0.2, 0.25) is 5.02 Å². The zero-order chi connectivity index (χ0) is 18.5. The zero-order valence-corrected chi connectivity index (χ0v) is 14.6. The number of nitrogens with zero attached hydrogens (tertiary/aromatic N) is 5. The van der Waals surface area contributed by atoms with Gasteiger partial charge in [-0.25, -0.2) is 4.68 Å². The van der Waals surface area contributed by atoms with Crippen LogP contribution in [-0.2, 0) is 4.79 Å². The molecule has 9 nitrogen and oxygen atoms in total. The summed E-state index contributed by atoms with van der Waals surface area (Å²) in [6, 6.07) is 11.0. The third-order valence-corrected chi connectivity index (χ3v) is 4.60. The van der Waals surface area contributed by atoms with Gasteiger partial charge in [-0.05, 0) is 40.8 Å². The lowest BCUT2D eigenvalue weighted by Gasteiger charge is -2.09. The molecule has 3 aromatic rings. The molecule has 3 rings (SSSR count). The van der Waals surface area contributed by atoms with Crippen LogP contribution in [0.25, 0.3) is 5.69 Å². The Balaban J connectivity index is 1.63. The monoisotopic (exact) mass is 390 g/mol. The molecular formula is C15H11ClN6O3S. The molecule has 0 aliphatic carbocycles. The predicted molar refractivity (Wildman–Crippen MR) is 96.6 cm³/mol. The van der Waals surface area contributed by atoms with Gasteiger partial charge in [0.15, 0.2) is 0 Å². The number of anilines is 1. The number of tetrazole rings is 1. The number of thioether (sulfide) groups is 1. The van der Waals surface area contributed by atoms with E-state index in [2.05, 4.69) is 20.8 Å². The van der Waals surface area contributed by atoms with Crippen LogP contribution in [-0.4, -0.2) is 36.8 Å². The van der Waals surface area contributed by atoms with E-state index in [-0.39, 0.29) is 17.3 Å². The Kier molecular flexibility index (Phi) is 5.44. The van der Waals surface area contributed by atoms with Crippen LogP contribution in [0.1, 0.15) is 0 Å². The number of aromatic nitrogens is 4. The maximum absolute atomic E-state index is 12.2.